The second-order valence-corrected chi connectivity index (χ2v) is 6.47. The third-order valence-corrected chi connectivity index (χ3v) is 4.33. The van der Waals surface area contributed by atoms with Crippen LogP contribution < -0.4 is 10.5 Å². The van der Waals surface area contributed by atoms with Crippen LogP contribution in [0.1, 0.15) is 16.7 Å². The lowest BCUT2D eigenvalue weighted by atomic mass is 10.2. The zero-order valence-corrected chi connectivity index (χ0v) is 12.4. The van der Waals surface area contributed by atoms with Crippen LogP contribution in [0.5, 0.6) is 0 Å². The quantitative estimate of drug-likeness (QED) is 0.909. The van der Waals surface area contributed by atoms with E-state index in [9.17, 15) is 8.42 Å². The molecular formula is C15H18N2O2S. The summed E-state index contributed by atoms with van der Waals surface area (Å²) in [6, 6.07) is 12.4. The summed E-state index contributed by atoms with van der Waals surface area (Å²) in [5.41, 5.74) is 8.74. The molecule has 0 aliphatic rings. The highest BCUT2D eigenvalue weighted by molar-refractivity contribution is 7.92. The summed E-state index contributed by atoms with van der Waals surface area (Å²) >= 11 is 0. The molecule has 0 unspecified atom stereocenters. The van der Waals surface area contributed by atoms with Crippen molar-refractivity contribution in [3.05, 3.63) is 59.2 Å². The Morgan fingerprint density at radius 2 is 1.65 bits per heavy atom. The predicted octanol–water partition coefficient (Wildman–Crippen LogP) is 2.56. The zero-order chi connectivity index (χ0) is 14.8. The van der Waals surface area contributed by atoms with E-state index < -0.39 is 10.0 Å². The molecule has 2 aromatic rings. The summed E-state index contributed by atoms with van der Waals surface area (Å²) in [5.74, 6) is 0. The normalized spacial score (nSPS) is 11.3. The molecule has 0 fully saturated rings. The fraction of sp³-hybridized carbons (Fsp3) is 0.200. The molecule has 2 rings (SSSR count). The van der Waals surface area contributed by atoms with Gasteiger partial charge in [0.25, 0.3) is 10.0 Å². The van der Waals surface area contributed by atoms with Gasteiger partial charge in [-0.1, -0.05) is 24.3 Å². The summed E-state index contributed by atoms with van der Waals surface area (Å²) in [5, 5.41) is 0. The molecule has 0 bridgehead atoms. The molecule has 5 heteroatoms. The zero-order valence-electron chi connectivity index (χ0n) is 11.6. The van der Waals surface area contributed by atoms with Gasteiger partial charge in [-0.3, -0.25) is 4.72 Å². The molecule has 0 aromatic heterocycles. The number of anilines is 1. The van der Waals surface area contributed by atoms with Crippen LogP contribution in [-0.2, 0) is 16.6 Å². The number of nitrogens with two attached hydrogens (primary N) is 1. The minimum atomic E-state index is -3.60. The van der Waals surface area contributed by atoms with Gasteiger partial charge in [-0.05, 0) is 48.7 Å². The van der Waals surface area contributed by atoms with Crippen LogP contribution >= 0.6 is 0 Å². The average Bonchev–Trinajstić information content (AvgIpc) is 2.38. The maximum absolute atomic E-state index is 12.4. The molecule has 0 heterocycles. The molecule has 0 aliphatic carbocycles. The van der Waals surface area contributed by atoms with Crippen molar-refractivity contribution in [3.63, 3.8) is 0 Å². The number of rotatable bonds is 4. The summed E-state index contributed by atoms with van der Waals surface area (Å²) in [6.45, 7) is 4.03. The molecular weight excluding hydrogens is 272 g/mol. The van der Waals surface area contributed by atoms with Crippen molar-refractivity contribution in [1.82, 2.24) is 0 Å². The second kappa shape index (κ2) is 5.64. The highest BCUT2D eigenvalue weighted by atomic mass is 32.2. The van der Waals surface area contributed by atoms with Crippen LogP contribution in [-0.4, -0.2) is 8.42 Å². The number of sulfonamides is 1. The Labute approximate surface area is 119 Å². The molecule has 0 saturated heterocycles. The standard InChI is InChI=1S/C15H18N2O2S/c1-11-7-12(2)9-14(8-11)20(18,19)17-15-6-4-3-5-13(15)10-16/h3-9,17H,10,16H2,1-2H3. The van der Waals surface area contributed by atoms with Gasteiger partial charge in [-0.2, -0.15) is 0 Å². The van der Waals surface area contributed by atoms with Gasteiger partial charge in [0.2, 0.25) is 0 Å². The lowest BCUT2D eigenvalue weighted by Gasteiger charge is -2.12. The number of hydrogen-bond acceptors (Lipinski definition) is 3. The van der Waals surface area contributed by atoms with Crippen molar-refractivity contribution in [3.8, 4) is 0 Å². The lowest BCUT2D eigenvalue weighted by molar-refractivity contribution is 0.601. The number of aryl methyl sites for hydroxylation is 2. The van der Waals surface area contributed by atoms with Crippen molar-refractivity contribution in [1.29, 1.82) is 0 Å². The molecule has 20 heavy (non-hydrogen) atoms. The van der Waals surface area contributed by atoms with Crippen molar-refractivity contribution >= 4 is 15.7 Å². The minimum absolute atomic E-state index is 0.266. The van der Waals surface area contributed by atoms with E-state index in [1.165, 1.54) is 0 Å². The Hall–Kier alpha value is -1.85. The van der Waals surface area contributed by atoms with E-state index in [-0.39, 0.29) is 11.4 Å². The number of hydrogen-bond donors (Lipinski definition) is 2. The molecule has 0 amide bonds. The molecule has 0 spiro atoms. The van der Waals surface area contributed by atoms with Crippen LogP contribution in [0.3, 0.4) is 0 Å². The number of para-hydroxylation sites is 1. The topological polar surface area (TPSA) is 72.2 Å². The van der Waals surface area contributed by atoms with Gasteiger partial charge in [-0.15, -0.1) is 0 Å². The maximum atomic E-state index is 12.4. The van der Waals surface area contributed by atoms with E-state index in [0.717, 1.165) is 16.7 Å². The highest BCUT2D eigenvalue weighted by Crippen LogP contribution is 2.21. The van der Waals surface area contributed by atoms with Gasteiger partial charge in [-0.25, -0.2) is 8.42 Å². The van der Waals surface area contributed by atoms with Gasteiger partial charge in [0.05, 0.1) is 10.6 Å². The van der Waals surface area contributed by atoms with Gasteiger partial charge < -0.3 is 5.73 Å². The Balaban J connectivity index is 2.41. The van der Waals surface area contributed by atoms with Crippen LogP contribution in [0.15, 0.2) is 47.4 Å². The SMILES string of the molecule is Cc1cc(C)cc(S(=O)(=O)Nc2ccccc2CN)c1. The summed E-state index contributed by atoms with van der Waals surface area (Å²) < 4.78 is 27.4. The largest absolute Gasteiger partial charge is 0.326 e. The average molecular weight is 290 g/mol. The van der Waals surface area contributed by atoms with E-state index in [4.69, 9.17) is 5.73 Å². The van der Waals surface area contributed by atoms with Crippen LogP contribution in [0.25, 0.3) is 0 Å². The maximum Gasteiger partial charge on any atom is 0.261 e. The van der Waals surface area contributed by atoms with E-state index in [1.807, 2.05) is 26.0 Å². The Morgan fingerprint density at radius 1 is 1.05 bits per heavy atom. The molecule has 0 atom stereocenters. The molecule has 4 nitrogen and oxygen atoms in total. The third-order valence-electron chi connectivity index (χ3n) is 2.99. The number of benzene rings is 2. The van der Waals surface area contributed by atoms with Gasteiger partial charge >= 0.3 is 0 Å². The number of nitrogens with one attached hydrogen (secondary N) is 1. The fourth-order valence-electron chi connectivity index (χ4n) is 2.09. The minimum Gasteiger partial charge on any atom is -0.326 e. The van der Waals surface area contributed by atoms with Crippen molar-refractivity contribution < 1.29 is 8.42 Å². The van der Waals surface area contributed by atoms with E-state index >= 15 is 0 Å². The van der Waals surface area contributed by atoms with Crippen molar-refractivity contribution in [2.75, 3.05) is 4.72 Å². The van der Waals surface area contributed by atoms with Crippen LogP contribution in [0.4, 0.5) is 5.69 Å². The first kappa shape index (κ1) is 14.6. The van der Waals surface area contributed by atoms with Crippen LogP contribution in [0, 0.1) is 13.8 Å². The first-order valence-electron chi connectivity index (χ1n) is 6.31. The smallest absolute Gasteiger partial charge is 0.261 e. The van der Waals surface area contributed by atoms with E-state index in [0.29, 0.717) is 5.69 Å². The van der Waals surface area contributed by atoms with E-state index in [1.54, 1.807) is 30.3 Å². The van der Waals surface area contributed by atoms with E-state index in [2.05, 4.69) is 4.72 Å². The monoisotopic (exact) mass is 290 g/mol. The fourth-order valence-corrected chi connectivity index (χ4v) is 3.38. The van der Waals surface area contributed by atoms with Gasteiger partial charge in [0, 0.05) is 6.54 Å². The first-order valence-corrected chi connectivity index (χ1v) is 7.80. The first-order chi connectivity index (χ1) is 9.42. The Morgan fingerprint density at radius 3 is 2.25 bits per heavy atom. The van der Waals surface area contributed by atoms with Crippen molar-refractivity contribution in [2.24, 2.45) is 5.73 Å². The lowest BCUT2D eigenvalue weighted by Crippen LogP contribution is -2.15. The molecule has 0 aliphatic heterocycles. The molecule has 3 N–H and O–H groups in total. The summed E-state index contributed by atoms with van der Waals surface area (Å²) in [6.07, 6.45) is 0. The molecule has 106 valence electrons. The molecule has 0 saturated carbocycles. The molecule has 0 radical (unpaired) electrons. The predicted molar refractivity (Wildman–Crippen MR) is 81.1 cm³/mol. The second-order valence-electron chi connectivity index (χ2n) is 4.79. The highest BCUT2D eigenvalue weighted by Gasteiger charge is 2.16. The Bertz CT molecular complexity index is 704. The summed E-state index contributed by atoms with van der Waals surface area (Å²) in [4.78, 5) is 0.266. The van der Waals surface area contributed by atoms with Crippen LogP contribution in [0.2, 0.25) is 0 Å². The Kier molecular flexibility index (Phi) is 4.11. The molecule has 2 aromatic carbocycles. The van der Waals surface area contributed by atoms with Gasteiger partial charge in [0.15, 0.2) is 0 Å². The third kappa shape index (κ3) is 3.18. The van der Waals surface area contributed by atoms with Gasteiger partial charge in [0.1, 0.15) is 0 Å². The van der Waals surface area contributed by atoms with Crippen molar-refractivity contribution in [2.45, 2.75) is 25.3 Å². The summed E-state index contributed by atoms with van der Waals surface area (Å²) in [7, 11) is -3.60.